The van der Waals surface area contributed by atoms with Gasteiger partial charge in [0.1, 0.15) is 22.8 Å². The standard InChI is InChI=1S/C23H29N9O4/c1-13-7-14(11-31(21(13)34)15-9-25-29(5)12-15)27-17-8-18(30(6)22(35)36-23(2,3)4)32-20(28-17)16(10-26-32)19(24)33/h7-8,10-12,25H,9H2,1-6H3,(H2,24,33)(H,27,28). The molecular weight excluding hydrogens is 466 g/mol. The summed E-state index contributed by atoms with van der Waals surface area (Å²) in [5.41, 5.74) is 9.88. The minimum absolute atomic E-state index is 0.0869. The van der Waals surface area contributed by atoms with E-state index in [-0.39, 0.29) is 16.8 Å². The van der Waals surface area contributed by atoms with Gasteiger partial charge >= 0.3 is 6.09 Å². The molecule has 0 fully saturated rings. The first-order valence-corrected chi connectivity index (χ1v) is 11.2. The number of aromatic nitrogens is 4. The van der Waals surface area contributed by atoms with Gasteiger partial charge in [0.2, 0.25) is 0 Å². The Morgan fingerprint density at radius 1 is 1.28 bits per heavy atom. The van der Waals surface area contributed by atoms with Crippen molar-refractivity contribution >= 4 is 40.7 Å². The Kier molecular flexibility index (Phi) is 6.18. The number of carbonyl (C=O) groups excluding carboxylic acids is 2. The maximum Gasteiger partial charge on any atom is 0.415 e. The van der Waals surface area contributed by atoms with Gasteiger partial charge in [0.25, 0.3) is 11.5 Å². The Morgan fingerprint density at radius 3 is 2.61 bits per heavy atom. The minimum Gasteiger partial charge on any atom is -0.443 e. The largest absolute Gasteiger partial charge is 0.443 e. The van der Waals surface area contributed by atoms with Crippen LogP contribution < -0.4 is 26.9 Å². The summed E-state index contributed by atoms with van der Waals surface area (Å²) in [6.45, 7) is 7.50. The maximum absolute atomic E-state index is 12.8. The van der Waals surface area contributed by atoms with Gasteiger partial charge in [0.15, 0.2) is 5.65 Å². The number of amides is 2. The highest BCUT2D eigenvalue weighted by atomic mass is 16.6. The zero-order valence-corrected chi connectivity index (χ0v) is 21.0. The summed E-state index contributed by atoms with van der Waals surface area (Å²) in [4.78, 5) is 43.3. The SMILES string of the molecule is Cc1cc(Nc2cc(N(C)C(=O)OC(C)(C)C)n3ncc(C(N)=O)c3n2)cn(C2=CN(C)NC2)c1=O. The monoisotopic (exact) mass is 495 g/mol. The van der Waals surface area contributed by atoms with Crippen molar-refractivity contribution in [2.45, 2.75) is 33.3 Å². The molecule has 0 aliphatic carbocycles. The highest BCUT2D eigenvalue weighted by Gasteiger charge is 2.25. The number of anilines is 3. The average Bonchev–Trinajstić information content (AvgIpc) is 3.40. The fourth-order valence-corrected chi connectivity index (χ4v) is 3.67. The van der Waals surface area contributed by atoms with Gasteiger partial charge in [-0.3, -0.25) is 19.1 Å². The van der Waals surface area contributed by atoms with Crippen LogP contribution in [0.1, 0.15) is 36.7 Å². The first kappa shape index (κ1) is 24.7. The van der Waals surface area contributed by atoms with E-state index in [2.05, 4.69) is 20.8 Å². The lowest BCUT2D eigenvalue weighted by atomic mass is 10.2. The van der Waals surface area contributed by atoms with Crippen LogP contribution in [0.2, 0.25) is 0 Å². The Bertz CT molecular complexity index is 1450. The van der Waals surface area contributed by atoms with Gasteiger partial charge in [0.05, 0.1) is 24.1 Å². The second-order valence-corrected chi connectivity index (χ2v) is 9.48. The smallest absolute Gasteiger partial charge is 0.415 e. The van der Waals surface area contributed by atoms with Crippen LogP contribution in [0.3, 0.4) is 0 Å². The summed E-state index contributed by atoms with van der Waals surface area (Å²) >= 11 is 0. The number of nitrogens with two attached hydrogens (primary N) is 1. The molecule has 4 heterocycles. The lowest BCUT2D eigenvalue weighted by Crippen LogP contribution is -2.35. The third kappa shape index (κ3) is 4.86. The number of fused-ring (bicyclic) bond motifs is 1. The first-order valence-electron chi connectivity index (χ1n) is 11.2. The van der Waals surface area contributed by atoms with E-state index < -0.39 is 17.6 Å². The molecular formula is C23H29N9O4. The van der Waals surface area contributed by atoms with Crippen LogP contribution in [-0.4, -0.2) is 62.4 Å². The Labute approximate surface area is 207 Å². The van der Waals surface area contributed by atoms with E-state index >= 15 is 0 Å². The zero-order chi connectivity index (χ0) is 26.4. The molecule has 4 rings (SSSR count). The van der Waals surface area contributed by atoms with E-state index in [4.69, 9.17) is 10.5 Å². The van der Waals surface area contributed by atoms with E-state index in [1.807, 2.05) is 13.2 Å². The van der Waals surface area contributed by atoms with Crippen LogP contribution in [0.15, 0.2) is 35.5 Å². The molecule has 13 heteroatoms. The molecule has 0 atom stereocenters. The topological polar surface area (TPSA) is 152 Å². The predicted molar refractivity (Wildman–Crippen MR) is 135 cm³/mol. The van der Waals surface area contributed by atoms with Crippen molar-refractivity contribution in [3.8, 4) is 0 Å². The maximum atomic E-state index is 12.8. The van der Waals surface area contributed by atoms with Gasteiger partial charge in [-0.1, -0.05) is 0 Å². The van der Waals surface area contributed by atoms with Crippen molar-refractivity contribution in [2.75, 3.05) is 30.9 Å². The van der Waals surface area contributed by atoms with Crippen LogP contribution in [-0.2, 0) is 4.74 Å². The van der Waals surface area contributed by atoms with E-state index in [1.165, 1.54) is 22.7 Å². The Balaban J connectivity index is 1.79. The van der Waals surface area contributed by atoms with Crippen LogP contribution >= 0.6 is 0 Å². The van der Waals surface area contributed by atoms with Gasteiger partial charge in [-0.15, -0.1) is 0 Å². The zero-order valence-electron chi connectivity index (χ0n) is 21.0. The lowest BCUT2D eigenvalue weighted by Gasteiger charge is -2.25. The highest BCUT2D eigenvalue weighted by molar-refractivity contribution is 5.99. The van der Waals surface area contributed by atoms with Crippen molar-refractivity contribution < 1.29 is 14.3 Å². The molecule has 0 aromatic carbocycles. The number of aryl methyl sites for hydroxylation is 1. The van der Waals surface area contributed by atoms with Crippen LogP contribution in [0, 0.1) is 6.92 Å². The number of rotatable bonds is 5. The average molecular weight is 496 g/mol. The third-order valence-corrected chi connectivity index (χ3v) is 5.36. The van der Waals surface area contributed by atoms with Gasteiger partial charge in [-0.05, 0) is 33.8 Å². The van der Waals surface area contributed by atoms with Gasteiger partial charge in [-0.25, -0.2) is 15.2 Å². The molecule has 190 valence electrons. The molecule has 0 unspecified atom stereocenters. The second kappa shape index (κ2) is 9.00. The van der Waals surface area contributed by atoms with Gasteiger partial charge in [0, 0.05) is 38.1 Å². The van der Waals surface area contributed by atoms with Gasteiger partial charge < -0.3 is 20.8 Å². The van der Waals surface area contributed by atoms with E-state index in [9.17, 15) is 14.4 Å². The van der Waals surface area contributed by atoms with Gasteiger partial charge in [-0.2, -0.15) is 9.61 Å². The summed E-state index contributed by atoms with van der Waals surface area (Å²) in [5.74, 6) is -0.121. The molecule has 0 saturated heterocycles. The van der Waals surface area contributed by atoms with E-state index in [0.29, 0.717) is 29.4 Å². The highest BCUT2D eigenvalue weighted by Crippen LogP contribution is 2.25. The fourth-order valence-electron chi connectivity index (χ4n) is 3.67. The first-order chi connectivity index (χ1) is 16.8. The van der Waals surface area contributed by atoms with Crippen molar-refractivity contribution in [3.63, 3.8) is 0 Å². The molecule has 13 nitrogen and oxygen atoms in total. The van der Waals surface area contributed by atoms with E-state index in [0.717, 1.165) is 5.70 Å². The van der Waals surface area contributed by atoms with Crippen molar-refractivity contribution in [2.24, 2.45) is 5.73 Å². The summed E-state index contributed by atoms with van der Waals surface area (Å²) < 4.78 is 8.37. The predicted octanol–water partition coefficient (Wildman–Crippen LogP) is 1.66. The molecule has 1 aliphatic rings. The number of primary amides is 1. The summed E-state index contributed by atoms with van der Waals surface area (Å²) in [6, 6.07) is 3.28. The number of nitrogens with zero attached hydrogens (tertiary/aromatic N) is 6. The molecule has 4 N–H and O–H groups in total. The molecule has 36 heavy (non-hydrogen) atoms. The van der Waals surface area contributed by atoms with Crippen molar-refractivity contribution in [3.05, 3.63) is 52.2 Å². The molecule has 0 bridgehead atoms. The number of carbonyl (C=O) groups is 2. The molecule has 0 radical (unpaired) electrons. The number of nitrogens with one attached hydrogen (secondary N) is 2. The quantitative estimate of drug-likeness (QED) is 0.480. The lowest BCUT2D eigenvalue weighted by molar-refractivity contribution is 0.0587. The molecule has 2 amide bonds. The number of hydrogen-bond donors (Lipinski definition) is 3. The minimum atomic E-state index is -0.718. The number of ether oxygens (including phenoxy) is 1. The summed E-state index contributed by atoms with van der Waals surface area (Å²) in [5, 5.41) is 9.15. The fraction of sp³-hybridized carbons (Fsp3) is 0.348. The third-order valence-electron chi connectivity index (χ3n) is 5.36. The Hall–Kier alpha value is -4.39. The number of pyridine rings is 1. The summed E-state index contributed by atoms with van der Waals surface area (Å²) in [6.07, 6.45) is 4.16. The summed E-state index contributed by atoms with van der Waals surface area (Å²) in [7, 11) is 3.37. The van der Waals surface area contributed by atoms with Crippen LogP contribution in [0.5, 0.6) is 0 Å². The van der Waals surface area contributed by atoms with Crippen molar-refractivity contribution in [1.82, 2.24) is 29.6 Å². The second-order valence-electron chi connectivity index (χ2n) is 9.48. The van der Waals surface area contributed by atoms with E-state index in [1.54, 1.807) is 55.6 Å². The number of hydrogen-bond acceptors (Lipinski definition) is 9. The molecule has 0 saturated carbocycles. The normalized spacial score (nSPS) is 13.6. The molecule has 3 aromatic heterocycles. The molecule has 1 aliphatic heterocycles. The van der Waals surface area contributed by atoms with Crippen molar-refractivity contribution in [1.29, 1.82) is 0 Å². The number of hydrazine groups is 1. The van der Waals surface area contributed by atoms with Crippen LogP contribution in [0.4, 0.5) is 22.1 Å². The molecule has 3 aromatic rings. The van der Waals surface area contributed by atoms with Crippen LogP contribution in [0.25, 0.3) is 11.3 Å². The molecule has 0 spiro atoms. The Morgan fingerprint density at radius 2 is 2.00 bits per heavy atom.